The highest BCUT2D eigenvalue weighted by Crippen LogP contribution is 2.44. The molecular formula is C27H32N2O6. The summed E-state index contributed by atoms with van der Waals surface area (Å²) in [5.41, 5.74) is 3.83. The van der Waals surface area contributed by atoms with Crippen LogP contribution in [0.25, 0.3) is 11.1 Å². The van der Waals surface area contributed by atoms with E-state index in [1.165, 1.54) is 0 Å². The number of hydrogen-bond acceptors (Lipinski definition) is 5. The zero-order valence-corrected chi connectivity index (χ0v) is 20.3. The lowest BCUT2D eigenvalue weighted by atomic mass is 9.98. The largest absolute Gasteiger partial charge is 0.480 e. The molecule has 2 aromatic carbocycles. The number of alkyl carbamates (subject to hydrolysis) is 1. The number of nitrogens with one attached hydrogen (secondary N) is 1. The van der Waals surface area contributed by atoms with Crippen molar-refractivity contribution < 1.29 is 29.0 Å². The number of benzene rings is 2. The van der Waals surface area contributed by atoms with Gasteiger partial charge in [-0.1, -0.05) is 48.5 Å². The van der Waals surface area contributed by atoms with Gasteiger partial charge in [0.15, 0.2) is 0 Å². The van der Waals surface area contributed by atoms with E-state index in [2.05, 4.69) is 29.6 Å². The van der Waals surface area contributed by atoms with Crippen LogP contribution in [0.2, 0.25) is 0 Å². The van der Waals surface area contributed by atoms with Crippen LogP contribution in [0, 0.1) is 0 Å². The first-order chi connectivity index (χ1) is 16.6. The second kappa shape index (κ2) is 9.98. The molecule has 0 radical (unpaired) electrons. The summed E-state index contributed by atoms with van der Waals surface area (Å²) in [5.74, 6) is -1.22. The van der Waals surface area contributed by atoms with E-state index in [0.29, 0.717) is 13.0 Å². The topological polar surface area (TPSA) is 105 Å². The maximum atomic E-state index is 13.0. The van der Waals surface area contributed by atoms with Gasteiger partial charge in [-0.05, 0) is 62.3 Å². The summed E-state index contributed by atoms with van der Waals surface area (Å²) in [6.45, 7) is 5.81. The maximum Gasteiger partial charge on any atom is 0.410 e. The molecule has 4 rings (SSSR count). The molecule has 1 aliphatic carbocycles. The van der Waals surface area contributed by atoms with Crippen molar-refractivity contribution in [3.63, 3.8) is 0 Å². The Morgan fingerprint density at radius 2 is 1.66 bits per heavy atom. The van der Waals surface area contributed by atoms with E-state index >= 15 is 0 Å². The lowest BCUT2D eigenvalue weighted by Gasteiger charge is -2.28. The van der Waals surface area contributed by atoms with E-state index in [0.717, 1.165) is 28.7 Å². The first-order valence-corrected chi connectivity index (χ1v) is 12.0. The molecule has 1 aliphatic heterocycles. The number of nitrogens with zero attached hydrogens (tertiary/aromatic N) is 1. The lowest BCUT2D eigenvalue weighted by Crippen LogP contribution is -2.47. The summed E-state index contributed by atoms with van der Waals surface area (Å²) in [4.78, 5) is 38.5. The molecule has 0 bridgehead atoms. The molecular weight excluding hydrogens is 448 g/mol. The van der Waals surface area contributed by atoms with Crippen LogP contribution in [-0.4, -0.2) is 59.0 Å². The van der Waals surface area contributed by atoms with Crippen molar-refractivity contribution in [2.45, 2.75) is 63.6 Å². The van der Waals surface area contributed by atoms with Gasteiger partial charge in [0.1, 0.15) is 18.2 Å². The first kappa shape index (κ1) is 24.6. The van der Waals surface area contributed by atoms with Gasteiger partial charge in [-0.3, -0.25) is 0 Å². The molecule has 8 heteroatoms. The van der Waals surface area contributed by atoms with Gasteiger partial charge in [0.05, 0.1) is 0 Å². The highest BCUT2D eigenvalue weighted by atomic mass is 16.6. The van der Waals surface area contributed by atoms with Gasteiger partial charge in [-0.2, -0.15) is 0 Å². The smallest absolute Gasteiger partial charge is 0.410 e. The predicted molar refractivity (Wildman–Crippen MR) is 130 cm³/mol. The third-order valence-electron chi connectivity index (χ3n) is 6.44. The van der Waals surface area contributed by atoms with Gasteiger partial charge >= 0.3 is 18.2 Å². The molecule has 0 saturated carbocycles. The number of hydrogen-bond donors (Lipinski definition) is 2. The molecule has 2 amide bonds. The van der Waals surface area contributed by atoms with Crippen molar-refractivity contribution in [3.05, 3.63) is 59.7 Å². The number of carbonyl (C=O) groups is 3. The fourth-order valence-electron chi connectivity index (χ4n) is 4.94. The van der Waals surface area contributed by atoms with E-state index in [1.54, 1.807) is 25.7 Å². The third kappa shape index (κ3) is 5.58. The summed E-state index contributed by atoms with van der Waals surface area (Å²) in [5, 5.41) is 12.1. The second-order valence-corrected chi connectivity index (χ2v) is 10.1. The van der Waals surface area contributed by atoms with Gasteiger partial charge in [0.2, 0.25) is 0 Å². The molecule has 8 nitrogen and oxygen atoms in total. The minimum atomic E-state index is -1.17. The number of likely N-dealkylation sites (tertiary alicyclic amines) is 1. The van der Waals surface area contributed by atoms with Gasteiger partial charge in [-0.25, -0.2) is 14.4 Å². The zero-order chi connectivity index (χ0) is 25.2. The number of carbonyl (C=O) groups excluding carboxylic acids is 2. The number of rotatable bonds is 6. The SMILES string of the molecule is CC(C)(C)OC(=O)N[C@@H](C[C@H]1CCCN1C(=O)OCC1c2ccccc2-c2ccccc21)C(=O)O. The van der Waals surface area contributed by atoms with Crippen molar-refractivity contribution in [3.8, 4) is 11.1 Å². The zero-order valence-electron chi connectivity index (χ0n) is 20.3. The molecule has 186 valence electrons. The number of carboxylic acids is 1. The van der Waals surface area contributed by atoms with Crippen molar-refractivity contribution in [1.82, 2.24) is 10.2 Å². The lowest BCUT2D eigenvalue weighted by molar-refractivity contribution is -0.140. The average Bonchev–Trinajstić information content (AvgIpc) is 3.38. The van der Waals surface area contributed by atoms with Crippen LogP contribution in [0.4, 0.5) is 9.59 Å². The minimum Gasteiger partial charge on any atom is -0.480 e. The number of amides is 2. The van der Waals surface area contributed by atoms with E-state index in [1.807, 2.05) is 24.3 Å². The summed E-state index contributed by atoms with van der Waals surface area (Å²) >= 11 is 0. The number of ether oxygens (including phenoxy) is 2. The Balaban J connectivity index is 1.40. The van der Waals surface area contributed by atoms with Crippen LogP contribution in [0.5, 0.6) is 0 Å². The Morgan fingerprint density at radius 3 is 2.23 bits per heavy atom. The van der Waals surface area contributed by atoms with Crippen LogP contribution in [0.1, 0.15) is 57.1 Å². The molecule has 35 heavy (non-hydrogen) atoms. The van der Waals surface area contributed by atoms with Crippen LogP contribution in [-0.2, 0) is 14.3 Å². The highest BCUT2D eigenvalue weighted by Gasteiger charge is 2.36. The number of carboxylic acid groups (broad SMARTS) is 1. The van der Waals surface area contributed by atoms with Crippen molar-refractivity contribution in [2.75, 3.05) is 13.2 Å². The number of aliphatic carboxylic acids is 1. The van der Waals surface area contributed by atoms with Crippen LogP contribution < -0.4 is 5.32 Å². The number of fused-ring (bicyclic) bond motifs is 3. The molecule has 2 atom stereocenters. The fraction of sp³-hybridized carbons (Fsp3) is 0.444. The first-order valence-electron chi connectivity index (χ1n) is 12.0. The Hall–Kier alpha value is -3.55. The Bertz CT molecular complexity index is 1060. The van der Waals surface area contributed by atoms with Gasteiger partial charge in [-0.15, -0.1) is 0 Å². The van der Waals surface area contributed by atoms with Crippen LogP contribution in [0.15, 0.2) is 48.5 Å². The molecule has 2 aromatic rings. The molecule has 2 aliphatic rings. The molecule has 1 saturated heterocycles. The third-order valence-corrected chi connectivity index (χ3v) is 6.44. The quantitative estimate of drug-likeness (QED) is 0.617. The Kier molecular flexibility index (Phi) is 7.00. The predicted octanol–water partition coefficient (Wildman–Crippen LogP) is 4.77. The molecule has 0 unspecified atom stereocenters. The van der Waals surface area contributed by atoms with Crippen molar-refractivity contribution in [2.24, 2.45) is 0 Å². The molecule has 0 spiro atoms. The van der Waals surface area contributed by atoms with E-state index in [4.69, 9.17) is 9.47 Å². The normalized spacial score (nSPS) is 17.9. The highest BCUT2D eigenvalue weighted by molar-refractivity contribution is 5.80. The maximum absolute atomic E-state index is 13.0. The van der Waals surface area contributed by atoms with E-state index < -0.39 is 29.8 Å². The second-order valence-electron chi connectivity index (χ2n) is 10.1. The molecule has 1 fully saturated rings. The van der Waals surface area contributed by atoms with Crippen LogP contribution in [0.3, 0.4) is 0 Å². The summed E-state index contributed by atoms with van der Waals surface area (Å²) < 4.78 is 11.0. The summed E-state index contributed by atoms with van der Waals surface area (Å²) in [7, 11) is 0. The summed E-state index contributed by atoms with van der Waals surface area (Å²) in [6.07, 6.45) is 0.211. The average molecular weight is 481 g/mol. The standard InChI is InChI=1S/C27H32N2O6/c1-27(2,3)35-25(32)28-23(24(30)31)15-17-9-8-14-29(17)26(33)34-16-22-20-12-6-4-10-18(20)19-11-5-7-13-21(19)22/h4-7,10-13,17,22-23H,8-9,14-16H2,1-3H3,(H,28,32)(H,30,31)/t17-,23+/m1/s1. The molecule has 0 aromatic heterocycles. The monoisotopic (exact) mass is 480 g/mol. The van der Waals surface area contributed by atoms with E-state index in [9.17, 15) is 19.5 Å². The van der Waals surface area contributed by atoms with Crippen molar-refractivity contribution >= 4 is 18.2 Å². The Labute approximate surface area is 205 Å². The Morgan fingerprint density at radius 1 is 1.06 bits per heavy atom. The molecule has 2 N–H and O–H groups in total. The molecule has 1 heterocycles. The van der Waals surface area contributed by atoms with Gasteiger partial charge < -0.3 is 24.8 Å². The van der Waals surface area contributed by atoms with Crippen molar-refractivity contribution in [1.29, 1.82) is 0 Å². The van der Waals surface area contributed by atoms with Gasteiger partial charge in [0, 0.05) is 18.5 Å². The minimum absolute atomic E-state index is 0.0481. The fourth-order valence-corrected chi connectivity index (χ4v) is 4.94. The van der Waals surface area contributed by atoms with Crippen LogP contribution >= 0.6 is 0 Å². The summed E-state index contributed by atoms with van der Waals surface area (Å²) in [6, 6.07) is 14.7. The van der Waals surface area contributed by atoms with Gasteiger partial charge in [0.25, 0.3) is 0 Å². The van der Waals surface area contributed by atoms with E-state index in [-0.39, 0.29) is 25.0 Å².